The van der Waals surface area contributed by atoms with Crippen molar-refractivity contribution in [1.82, 2.24) is 4.90 Å². The van der Waals surface area contributed by atoms with Gasteiger partial charge in [0.25, 0.3) is 5.91 Å². The Bertz CT molecular complexity index is 914. The molecule has 0 aliphatic carbocycles. The van der Waals surface area contributed by atoms with E-state index in [1.165, 1.54) is 11.8 Å². The summed E-state index contributed by atoms with van der Waals surface area (Å²) in [6.07, 6.45) is 1.88. The normalized spacial score (nSPS) is 17.4. The molecule has 134 valence electrons. The molecule has 0 N–H and O–H groups in total. The van der Waals surface area contributed by atoms with Crippen molar-refractivity contribution in [1.29, 1.82) is 0 Å². The minimum Gasteiger partial charge on any atom is -0.488 e. The summed E-state index contributed by atoms with van der Waals surface area (Å²) in [5.41, 5.74) is 1.89. The predicted octanol–water partition coefficient (Wildman–Crippen LogP) is 5.06. The lowest BCUT2D eigenvalue weighted by atomic mass is 10.2. The molecule has 1 fully saturated rings. The molecule has 0 atom stereocenters. The Labute approximate surface area is 175 Å². The third-order valence-electron chi connectivity index (χ3n) is 3.79. The second-order valence-corrected chi connectivity index (χ2v) is 8.13. The van der Waals surface area contributed by atoms with Crippen LogP contribution < -0.4 is 4.74 Å². The van der Waals surface area contributed by atoms with Gasteiger partial charge in [0.2, 0.25) is 0 Å². The van der Waals surface area contributed by atoms with E-state index < -0.39 is 0 Å². The van der Waals surface area contributed by atoms with Crippen molar-refractivity contribution in [2.24, 2.45) is 4.99 Å². The average Bonchev–Trinajstić information content (AvgIpc) is 2.90. The highest BCUT2D eigenvalue weighted by Gasteiger charge is 2.29. The van der Waals surface area contributed by atoms with Crippen LogP contribution in [0.15, 0.2) is 52.4 Å². The largest absolute Gasteiger partial charge is 0.488 e. The van der Waals surface area contributed by atoms with Crippen LogP contribution >= 0.6 is 46.0 Å². The van der Waals surface area contributed by atoms with E-state index in [9.17, 15) is 4.79 Å². The van der Waals surface area contributed by atoms with Gasteiger partial charge < -0.3 is 4.74 Å². The molecule has 1 aliphatic heterocycles. The lowest BCUT2D eigenvalue weighted by molar-refractivity contribution is -0.121. The monoisotopic (exact) mass is 498 g/mol. The zero-order valence-corrected chi connectivity index (χ0v) is 17.9. The molecule has 1 aliphatic rings. The van der Waals surface area contributed by atoms with Gasteiger partial charge in [0, 0.05) is 24.7 Å². The number of aliphatic imine (C=N–C) groups is 1. The molecule has 0 unspecified atom stereocenters. The Morgan fingerprint density at radius 1 is 1.31 bits per heavy atom. The topological polar surface area (TPSA) is 41.9 Å². The molecular formula is C19H16ClIN2O2S. The molecule has 0 aromatic heterocycles. The van der Waals surface area contributed by atoms with Crippen LogP contribution in [0.25, 0.3) is 6.08 Å². The number of carbonyl (C=O) groups is 1. The minimum absolute atomic E-state index is 0.0374. The van der Waals surface area contributed by atoms with Crippen molar-refractivity contribution in [2.45, 2.75) is 6.61 Å². The maximum absolute atomic E-state index is 12.2. The van der Waals surface area contributed by atoms with Gasteiger partial charge in [-0.3, -0.25) is 14.7 Å². The zero-order valence-electron chi connectivity index (χ0n) is 14.2. The van der Waals surface area contributed by atoms with Crippen molar-refractivity contribution in [3.63, 3.8) is 0 Å². The summed E-state index contributed by atoms with van der Waals surface area (Å²) in [6, 6.07) is 13.5. The summed E-state index contributed by atoms with van der Waals surface area (Å²) in [7, 11) is 3.41. The number of amides is 1. The minimum atomic E-state index is -0.0374. The Kier molecular flexibility index (Phi) is 6.26. The highest BCUT2D eigenvalue weighted by molar-refractivity contribution is 14.1. The molecular weight excluding hydrogens is 483 g/mol. The maximum Gasteiger partial charge on any atom is 0.266 e. The molecule has 2 aromatic rings. The lowest BCUT2D eigenvalue weighted by Gasteiger charge is -2.10. The first-order chi connectivity index (χ1) is 12.5. The molecule has 26 heavy (non-hydrogen) atoms. The molecule has 1 amide bonds. The highest BCUT2D eigenvalue weighted by atomic mass is 127. The van der Waals surface area contributed by atoms with E-state index in [0.717, 1.165) is 20.4 Å². The molecule has 0 bridgehead atoms. The van der Waals surface area contributed by atoms with Crippen LogP contribution in [0.2, 0.25) is 5.02 Å². The molecule has 0 saturated carbocycles. The van der Waals surface area contributed by atoms with Gasteiger partial charge in [0.15, 0.2) is 5.17 Å². The molecule has 2 aromatic carbocycles. The van der Waals surface area contributed by atoms with Gasteiger partial charge in [-0.15, -0.1) is 0 Å². The third kappa shape index (κ3) is 4.24. The number of halogens is 2. The van der Waals surface area contributed by atoms with Crippen molar-refractivity contribution in [3.8, 4) is 5.75 Å². The first kappa shape index (κ1) is 19.3. The lowest BCUT2D eigenvalue weighted by Crippen LogP contribution is -2.23. The summed E-state index contributed by atoms with van der Waals surface area (Å²) in [6.45, 7) is 0.408. The number of carbonyl (C=O) groups excluding carboxylic acids is 1. The average molecular weight is 499 g/mol. The number of likely N-dealkylation sites (N-methyl/N-ethyl adjacent to an activating group) is 1. The van der Waals surface area contributed by atoms with E-state index in [1.54, 1.807) is 19.0 Å². The van der Waals surface area contributed by atoms with Crippen LogP contribution in [0.5, 0.6) is 5.75 Å². The molecule has 1 heterocycles. The van der Waals surface area contributed by atoms with Crippen LogP contribution in [0.3, 0.4) is 0 Å². The van der Waals surface area contributed by atoms with Gasteiger partial charge in [0.1, 0.15) is 12.4 Å². The second kappa shape index (κ2) is 8.45. The number of nitrogens with zero attached hydrogens (tertiary/aromatic N) is 2. The Morgan fingerprint density at radius 2 is 2.08 bits per heavy atom. The van der Waals surface area contributed by atoms with Gasteiger partial charge in [0.05, 0.1) is 8.48 Å². The number of benzene rings is 2. The molecule has 0 spiro atoms. The Hall–Kier alpha value is -1.51. The quantitative estimate of drug-likeness (QED) is 0.437. The van der Waals surface area contributed by atoms with E-state index in [4.69, 9.17) is 16.3 Å². The van der Waals surface area contributed by atoms with Crippen molar-refractivity contribution in [2.75, 3.05) is 14.1 Å². The van der Waals surface area contributed by atoms with E-state index in [0.29, 0.717) is 21.7 Å². The van der Waals surface area contributed by atoms with Crippen LogP contribution in [0, 0.1) is 3.57 Å². The number of ether oxygens (including phenoxy) is 1. The molecule has 1 saturated heterocycles. The van der Waals surface area contributed by atoms with Crippen molar-refractivity contribution < 1.29 is 9.53 Å². The van der Waals surface area contributed by atoms with Gasteiger partial charge in [-0.05, 0) is 64.2 Å². The summed E-state index contributed by atoms with van der Waals surface area (Å²) in [4.78, 5) is 18.6. The summed E-state index contributed by atoms with van der Waals surface area (Å²) < 4.78 is 6.86. The van der Waals surface area contributed by atoms with Gasteiger partial charge in [-0.1, -0.05) is 35.9 Å². The first-order valence-electron chi connectivity index (χ1n) is 7.79. The molecule has 4 nitrogen and oxygen atoms in total. The number of rotatable bonds is 4. The smallest absolute Gasteiger partial charge is 0.266 e. The number of thioether (sulfide) groups is 1. The third-order valence-corrected chi connectivity index (χ3v) is 6.15. The zero-order chi connectivity index (χ0) is 18.7. The molecule has 0 radical (unpaired) electrons. The fourth-order valence-electron chi connectivity index (χ4n) is 2.40. The van der Waals surface area contributed by atoms with Gasteiger partial charge in [-0.25, -0.2) is 0 Å². The van der Waals surface area contributed by atoms with Crippen LogP contribution in [0.4, 0.5) is 0 Å². The van der Waals surface area contributed by atoms with E-state index >= 15 is 0 Å². The molecule has 7 heteroatoms. The SMILES string of the molecule is CN=C1S/C(=C\c2ccc(OCc3ccccc3Cl)c(I)c2)C(=O)N1C. The van der Waals surface area contributed by atoms with Crippen LogP contribution in [0.1, 0.15) is 11.1 Å². The Balaban J connectivity index is 1.75. The Morgan fingerprint density at radius 3 is 2.73 bits per heavy atom. The molecule has 3 rings (SSSR count). The number of hydrogen-bond donors (Lipinski definition) is 0. The second-order valence-electron chi connectivity index (χ2n) is 5.55. The maximum atomic E-state index is 12.2. The van der Waals surface area contributed by atoms with E-state index in [2.05, 4.69) is 27.6 Å². The highest BCUT2D eigenvalue weighted by Crippen LogP contribution is 2.32. The number of amidine groups is 1. The summed E-state index contributed by atoms with van der Waals surface area (Å²) in [5.74, 6) is 0.746. The summed E-state index contributed by atoms with van der Waals surface area (Å²) in [5, 5.41) is 1.40. The predicted molar refractivity (Wildman–Crippen MR) is 117 cm³/mol. The van der Waals surface area contributed by atoms with Gasteiger partial charge in [-0.2, -0.15) is 0 Å². The standard InChI is InChI=1S/C19H16ClIN2O2S/c1-22-19-23(2)18(24)17(26-19)10-12-7-8-16(15(21)9-12)25-11-13-5-3-4-6-14(13)20/h3-10H,11H2,1-2H3/b17-10-,22-19?. The van der Waals surface area contributed by atoms with Crippen molar-refractivity contribution in [3.05, 3.63) is 67.1 Å². The fourth-order valence-corrected chi connectivity index (χ4v) is 4.21. The van der Waals surface area contributed by atoms with E-state index in [-0.39, 0.29) is 5.91 Å². The van der Waals surface area contributed by atoms with Crippen LogP contribution in [-0.2, 0) is 11.4 Å². The van der Waals surface area contributed by atoms with Crippen molar-refractivity contribution >= 4 is 63.1 Å². The summed E-state index contributed by atoms with van der Waals surface area (Å²) >= 11 is 9.77. The van der Waals surface area contributed by atoms with Crippen LogP contribution in [-0.4, -0.2) is 30.1 Å². The fraction of sp³-hybridized carbons (Fsp3) is 0.158. The number of hydrogen-bond acceptors (Lipinski definition) is 4. The first-order valence-corrected chi connectivity index (χ1v) is 10.1. The van der Waals surface area contributed by atoms with Gasteiger partial charge >= 0.3 is 0 Å². The van der Waals surface area contributed by atoms with E-state index in [1.807, 2.05) is 48.5 Å².